The first kappa shape index (κ1) is 15.8. The summed E-state index contributed by atoms with van der Waals surface area (Å²) in [5, 5.41) is 4.17. The van der Waals surface area contributed by atoms with Crippen molar-refractivity contribution in [2.75, 3.05) is 40.4 Å². The van der Waals surface area contributed by atoms with Crippen LogP contribution in [0.15, 0.2) is 24.3 Å². The van der Waals surface area contributed by atoms with E-state index in [0.29, 0.717) is 5.41 Å². The summed E-state index contributed by atoms with van der Waals surface area (Å²) in [5.74, 6) is 0. The second-order valence-electron chi connectivity index (χ2n) is 5.94. The Balaban J connectivity index is 1.95. The third-order valence-electron chi connectivity index (χ3n) is 4.05. The van der Waals surface area contributed by atoms with Crippen LogP contribution in [0.5, 0.6) is 0 Å². The Labute approximate surface area is 127 Å². The molecule has 0 saturated carbocycles. The minimum Gasteiger partial charge on any atom is -0.381 e. The topological polar surface area (TPSA) is 24.5 Å². The van der Waals surface area contributed by atoms with Crippen molar-refractivity contribution in [3.63, 3.8) is 0 Å². The molecule has 0 aromatic heterocycles. The Morgan fingerprint density at radius 1 is 1.35 bits per heavy atom. The maximum Gasteiger partial charge on any atom is 0.0472 e. The van der Waals surface area contributed by atoms with Crippen molar-refractivity contribution in [3.05, 3.63) is 34.9 Å². The average molecular weight is 297 g/mol. The van der Waals surface area contributed by atoms with Crippen LogP contribution in [0.3, 0.4) is 0 Å². The quantitative estimate of drug-likeness (QED) is 0.874. The van der Waals surface area contributed by atoms with Gasteiger partial charge >= 0.3 is 0 Å². The first-order valence-corrected chi connectivity index (χ1v) is 7.67. The second kappa shape index (κ2) is 7.41. The Kier molecular flexibility index (Phi) is 5.85. The maximum absolute atomic E-state index is 6.05. The number of rotatable bonds is 6. The SMILES string of the molecule is CNCC1(CN(C)Cc2cccc(Cl)c2)CCOCC1. The Morgan fingerprint density at radius 2 is 2.10 bits per heavy atom. The van der Waals surface area contributed by atoms with Crippen LogP contribution >= 0.6 is 11.6 Å². The molecule has 1 aliphatic heterocycles. The van der Waals surface area contributed by atoms with E-state index in [1.165, 1.54) is 5.56 Å². The van der Waals surface area contributed by atoms with Crippen LogP contribution < -0.4 is 5.32 Å². The van der Waals surface area contributed by atoms with Gasteiger partial charge < -0.3 is 15.0 Å². The largest absolute Gasteiger partial charge is 0.381 e. The number of nitrogens with one attached hydrogen (secondary N) is 1. The summed E-state index contributed by atoms with van der Waals surface area (Å²) in [6.45, 7) is 4.84. The van der Waals surface area contributed by atoms with E-state index in [-0.39, 0.29) is 0 Å². The Hall–Kier alpha value is -0.610. The molecule has 0 amide bonds. The summed E-state index contributed by atoms with van der Waals surface area (Å²) >= 11 is 6.05. The molecule has 1 aliphatic rings. The van der Waals surface area contributed by atoms with Crippen molar-refractivity contribution in [1.82, 2.24) is 10.2 Å². The highest BCUT2D eigenvalue weighted by molar-refractivity contribution is 6.30. The zero-order chi connectivity index (χ0) is 14.4. The molecule has 0 radical (unpaired) electrons. The van der Waals surface area contributed by atoms with Crippen LogP contribution in [0.2, 0.25) is 5.02 Å². The van der Waals surface area contributed by atoms with Gasteiger partial charge in [0.2, 0.25) is 0 Å². The number of ether oxygens (including phenoxy) is 1. The maximum atomic E-state index is 6.05. The van der Waals surface area contributed by atoms with Crippen LogP contribution in [0.25, 0.3) is 0 Å². The number of benzene rings is 1. The molecule has 1 heterocycles. The van der Waals surface area contributed by atoms with Crippen molar-refractivity contribution >= 4 is 11.6 Å². The van der Waals surface area contributed by atoms with Gasteiger partial charge in [0.1, 0.15) is 0 Å². The number of halogens is 1. The lowest BCUT2D eigenvalue weighted by Gasteiger charge is -2.40. The summed E-state index contributed by atoms with van der Waals surface area (Å²) in [4.78, 5) is 2.40. The van der Waals surface area contributed by atoms with Crippen molar-refractivity contribution in [3.8, 4) is 0 Å². The lowest BCUT2D eigenvalue weighted by Crippen LogP contribution is -2.45. The Bertz CT molecular complexity index is 413. The summed E-state index contributed by atoms with van der Waals surface area (Å²) in [6, 6.07) is 8.12. The molecular formula is C16H25ClN2O. The van der Waals surface area contributed by atoms with Crippen molar-refractivity contribution in [2.24, 2.45) is 5.41 Å². The van der Waals surface area contributed by atoms with Gasteiger partial charge in [-0.05, 0) is 50.0 Å². The van der Waals surface area contributed by atoms with E-state index in [0.717, 1.165) is 50.7 Å². The van der Waals surface area contributed by atoms with E-state index >= 15 is 0 Å². The monoisotopic (exact) mass is 296 g/mol. The van der Waals surface area contributed by atoms with E-state index in [9.17, 15) is 0 Å². The van der Waals surface area contributed by atoms with Crippen LogP contribution in [0.1, 0.15) is 18.4 Å². The molecule has 20 heavy (non-hydrogen) atoms. The second-order valence-corrected chi connectivity index (χ2v) is 6.38. The number of hydrogen-bond acceptors (Lipinski definition) is 3. The van der Waals surface area contributed by atoms with Crippen molar-refractivity contribution < 1.29 is 4.74 Å². The summed E-state index contributed by atoms with van der Waals surface area (Å²) in [5.41, 5.74) is 1.60. The van der Waals surface area contributed by atoms with E-state index in [1.54, 1.807) is 0 Å². The number of nitrogens with zero attached hydrogens (tertiary/aromatic N) is 1. The minimum atomic E-state index is 0.334. The molecule has 0 spiro atoms. The van der Waals surface area contributed by atoms with Gasteiger partial charge in [0.25, 0.3) is 0 Å². The van der Waals surface area contributed by atoms with Gasteiger partial charge in [-0.2, -0.15) is 0 Å². The molecule has 3 nitrogen and oxygen atoms in total. The first-order chi connectivity index (χ1) is 9.63. The van der Waals surface area contributed by atoms with Crippen LogP contribution in [0, 0.1) is 5.41 Å². The normalized spacial score (nSPS) is 18.4. The summed E-state index contributed by atoms with van der Waals surface area (Å²) in [7, 11) is 4.22. The lowest BCUT2D eigenvalue weighted by molar-refractivity contribution is -0.000734. The predicted octanol–water partition coefficient (Wildman–Crippen LogP) is 2.79. The minimum absolute atomic E-state index is 0.334. The number of hydrogen-bond donors (Lipinski definition) is 1. The fraction of sp³-hybridized carbons (Fsp3) is 0.625. The highest BCUT2D eigenvalue weighted by atomic mass is 35.5. The highest BCUT2D eigenvalue weighted by Gasteiger charge is 2.33. The molecule has 1 aromatic carbocycles. The van der Waals surface area contributed by atoms with E-state index in [2.05, 4.69) is 23.3 Å². The lowest BCUT2D eigenvalue weighted by atomic mass is 9.79. The molecule has 1 saturated heterocycles. The van der Waals surface area contributed by atoms with Crippen LogP contribution in [0.4, 0.5) is 0 Å². The molecule has 1 fully saturated rings. The van der Waals surface area contributed by atoms with Crippen LogP contribution in [-0.4, -0.2) is 45.3 Å². The van der Waals surface area contributed by atoms with Gasteiger partial charge in [-0.15, -0.1) is 0 Å². The molecule has 1 N–H and O–H groups in total. The smallest absolute Gasteiger partial charge is 0.0472 e. The van der Waals surface area contributed by atoms with Gasteiger partial charge in [-0.3, -0.25) is 0 Å². The average Bonchev–Trinajstić information content (AvgIpc) is 2.39. The van der Waals surface area contributed by atoms with Gasteiger partial charge in [0.15, 0.2) is 0 Å². The molecule has 0 aliphatic carbocycles. The molecule has 1 aromatic rings. The summed E-state index contributed by atoms with van der Waals surface area (Å²) in [6.07, 6.45) is 2.27. The van der Waals surface area contributed by atoms with Crippen molar-refractivity contribution in [2.45, 2.75) is 19.4 Å². The zero-order valence-electron chi connectivity index (χ0n) is 12.5. The van der Waals surface area contributed by atoms with Gasteiger partial charge in [-0.1, -0.05) is 23.7 Å². The molecule has 0 atom stereocenters. The highest BCUT2D eigenvalue weighted by Crippen LogP contribution is 2.31. The molecular weight excluding hydrogens is 272 g/mol. The standard InChI is InChI=1S/C16H25ClN2O/c1-18-12-16(6-8-20-9-7-16)13-19(2)11-14-4-3-5-15(17)10-14/h3-5,10,18H,6-9,11-13H2,1-2H3. The van der Waals surface area contributed by atoms with E-state index < -0.39 is 0 Å². The third-order valence-corrected chi connectivity index (χ3v) is 4.29. The fourth-order valence-electron chi connectivity index (χ4n) is 3.15. The van der Waals surface area contributed by atoms with Gasteiger partial charge in [0, 0.05) is 37.9 Å². The molecule has 4 heteroatoms. The molecule has 2 rings (SSSR count). The van der Waals surface area contributed by atoms with Gasteiger partial charge in [0.05, 0.1) is 0 Å². The van der Waals surface area contributed by atoms with E-state index in [1.807, 2.05) is 25.2 Å². The van der Waals surface area contributed by atoms with E-state index in [4.69, 9.17) is 16.3 Å². The molecule has 112 valence electrons. The van der Waals surface area contributed by atoms with Crippen molar-refractivity contribution in [1.29, 1.82) is 0 Å². The van der Waals surface area contributed by atoms with Crippen LogP contribution in [-0.2, 0) is 11.3 Å². The summed E-state index contributed by atoms with van der Waals surface area (Å²) < 4.78 is 5.52. The third kappa shape index (κ3) is 4.45. The molecule has 0 unspecified atom stereocenters. The van der Waals surface area contributed by atoms with Gasteiger partial charge in [-0.25, -0.2) is 0 Å². The molecule has 0 bridgehead atoms. The first-order valence-electron chi connectivity index (χ1n) is 7.29. The Morgan fingerprint density at radius 3 is 2.75 bits per heavy atom. The fourth-order valence-corrected chi connectivity index (χ4v) is 3.36. The predicted molar refractivity (Wildman–Crippen MR) is 84.2 cm³/mol. The zero-order valence-corrected chi connectivity index (χ0v) is 13.2.